The Kier molecular flexibility index (Phi) is 2.05. The predicted molar refractivity (Wildman–Crippen MR) is 46.5 cm³/mol. The van der Waals surface area contributed by atoms with Crippen LogP contribution in [0.2, 0.25) is 0 Å². The Morgan fingerprint density at radius 2 is 2.17 bits per heavy atom. The van der Waals surface area contributed by atoms with Gasteiger partial charge < -0.3 is 5.73 Å². The van der Waals surface area contributed by atoms with Crippen molar-refractivity contribution in [2.45, 2.75) is 26.8 Å². The first-order chi connectivity index (χ1) is 5.57. The molecular formula is C8H12N4. The molecule has 0 atom stereocenters. The zero-order chi connectivity index (χ0) is 9.30. The molecule has 1 heterocycles. The van der Waals surface area contributed by atoms with Gasteiger partial charge in [0.15, 0.2) is 0 Å². The first-order valence-electron chi connectivity index (χ1n) is 3.82. The smallest absolute Gasteiger partial charge is 0.140 e. The Morgan fingerprint density at radius 1 is 1.58 bits per heavy atom. The molecule has 0 aliphatic carbocycles. The Labute approximate surface area is 71.6 Å². The second-order valence-corrected chi connectivity index (χ2v) is 3.00. The second-order valence-electron chi connectivity index (χ2n) is 3.00. The number of nitriles is 1. The number of aromatic nitrogens is 2. The molecule has 0 saturated heterocycles. The Balaban J connectivity index is 3.29. The molecule has 4 nitrogen and oxygen atoms in total. The summed E-state index contributed by atoms with van der Waals surface area (Å²) in [5.41, 5.74) is 6.88. The van der Waals surface area contributed by atoms with Crippen LogP contribution in [0.15, 0.2) is 0 Å². The lowest BCUT2D eigenvalue weighted by atomic mass is 10.3. The normalized spacial score (nSPS) is 10.2. The van der Waals surface area contributed by atoms with Crippen molar-refractivity contribution in [2.75, 3.05) is 5.73 Å². The summed E-state index contributed by atoms with van der Waals surface area (Å²) in [5, 5.41) is 12.9. The van der Waals surface area contributed by atoms with Crippen LogP contribution in [0, 0.1) is 18.3 Å². The minimum absolute atomic E-state index is 0.200. The van der Waals surface area contributed by atoms with Gasteiger partial charge in [-0.3, -0.25) is 0 Å². The summed E-state index contributed by atoms with van der Waals surface area (Å²) in [5.74, 6) is 0.463. The van der Waals surface area contributed by atoms with Gasteiger partial charge in [0.1, 0.15) is 17.5 Å². The molecule has 1 aromatic heterocycles. The molecule has 0 radical (unpaired) electrons. The Hall–Kier alpha value is -1.50. The fraction of sp³-hybridized carbons (Fsp3) is 0.500. The van der Waals surface area contributed by atoms with Crippen LogP contribution in [-0.2, 0) is 0 Å². The third-order valence-corrected chi connectivity index (χ3v) is 1.72. The maximum absolute atomic E-state index is 8.71. The molecule has 64 valence electrons. The van der Waals surface area contributed by atoms with E-state index in [0.29, 0.717) is 17.1 Å². The zero-order valence-electron chi connectivity index (χ0n) is 7.50. The molecule has 2 N–H and O–H groups in total. The van der Waals surface area contributed by atoms with E-state index in [2.05, 4.69) is 5.10 Å². The third-order valence-electron chi connectivity index (χ3n) is 1.72. The average molecular weight is 164 g/mol. The van der Waals surface area contributed by atoms with Crippen molar-refractivity contribution in [3.8, 4) is 6.07 Å². The molecule has 0 aliphatic heterocycles. The van der Waals surface area contributed by atoms with E-state index >= 15 is 0 Å². The highest BCUT2D eigenvalue weighted by Crippen LogP contribution is 2.18. The van der Waals surface area contributed by atoms with Gasteiger partial charge in [-0.1, -0.05) is 0 Å². The predicted octanol–water partition coefficient (Wildman–Crippen LogP) is 1.23. The van der Waals surface area contributed by atoms with Crippen LogP contribution in [0.5, 0.6) is 0 Å². The molecule has 0 fully saturated rings. The van der Waals surface area contributed by atoms with Crippen molar-refractivity contribution in [1.29, 1.82) is 5.26 Å². The molecule has 0 aromatic carbocycles. The highest BCUT2D eigenvalue weighted by molar-refractivity contribution is 5.51. The van der Waals surface area contributed by atoms with Gasteiger partial charge in [-0.15, -0.1) is 0 Å². The van der Waals surface area contributed by atoms with Crippen LogP contribution >= 0.6 is 0 Å². The van der Waals surface area contributed by atoms with E-state index in [4.69, 9.17) is 11.0 Å². The molecule has 1 aromatic rings. The van der Waals surface area contributed by atoms with Crippen LogP contribution in [0.3, 0.4) is 0 Å². The number of nitrogens with zero attached hydrogens (tertiary/aromatic N) is 3. The largest absolute Gasteiger partial charge is 0.383 e. The molecule has 0 bridgehead atoms. The van der Waals surface area contributed by atoms with Gasteiger partial charge in [0.2, 0.25) is 0 Å². The van der Waals surface area contributed by atoms with Gasteiger partial charge in [0.05, 0.1) is 5.69 Å². The van der Waals surface area contributed by atoms with E-state index in [0.717, 1.165) is 0 Å². The molecule has 0 saturated carbocycles. The monoisotopic (exact) mass is 164 g/mol. The van der Waals surface area contributed by atoms with Crippen LogP contribution < -0.4 is 5.73 Å². The lowest BCUT2D eigenvalue weighted by Gasteiger charge is -2.06. The third kappa shape index (κ3) is 1.14. The Bertz CT molecular complexity index is 330. The quantitative estimate of drug-likeness (QED) is 0.678. The summed E-state index contributed by atoms with van der Waals surface area (Å²) < 4.78 is 1.66. The maximum atomic E-state index is 8.71. The van der Waals surface area contributed by atoms with E-state index < -0.39 is 0 Å². The summed E-state index contributed by atoms with van der Waals surface area (Å²) >= 11 is 0. The summed E-state index contributed by atoms with van der Waals surface area (Å²) in [6.45, 7) is 5.74. The van der Waals surface area contributed by atoms with Crippen molar-refractivity contribution in [3.63, 3.8) is 0 Å². The minimum atomic E-state index is 0.200. The number of hydrogen-bond acceptors (Lipinski definition) is 3. The van der Waals surface area contributed by atoms with E-state index in [1.807, 2.05) is 19.9 Å². The van der Waals surface area contributed by atoms with Gasteiger partial charge in [0, 0.05) is 6.04 Å². The minimum Gasteiger partial charge on any atom is -0.383 e. The molecular weight excluding hydrogens is 152 g/mol. The lowest BCUT2D eigenvalue weighted by molar-refractivity contribution is 0.537. The van der Waals surface area contributed by atoms with E-state index in [-0.39, 0.29) is 6.04 Å². The summed E-state index contributed by atoms with van der Waals surface area (Å²) in [4.78, 5) is 0. The van der Waals surface area contributed by atoms with Gasteiger partial charge in [-0.05, 0) is 20.8 Å². The van der Waals surface area contributed by atoms with Crippen molar-refractivity contribution >= 4 is 5.82 Å². The topological polar surface area (TPSA) is 67.6 Å². The van der Waals surface area contributed by atoms with Crippen LogP contribution in [0.1, 0.15) is 31.1 Å². The Morgan fingerprint density at radius 3 is 2.42 bits per heavy atom. The van der Waals surface area contributed by atoms with Crippen molar-refractivity contribution in [2.24, 2.45) is 0 Å². The van der Waals surface area contributed by atoms with Crippen LogP contribution in [0.25, 0.3) is 0 Å². The van der Waals surface area contributed by atoms with Crippen molar-refractivity contribution in [3.05, 3.63) is 11.3 Å². The number of anilines is 1. The van der Waals surface area contributed by atoms with Crippen LogP contribution in [-0.4, -0.2) is 9.78 Å². The fourth-order valence-corrected chi connectivity index (χ4v) is 1.10. The second kappa shape index (κ2) is 2.86. The summed E-state index contributed by atoms with van der Waals surface area (Å²) in [6, 6.07) is 2.23. The standard InChI is InChI=1S/C8H12N4/c1-5(2)12-8(10)7(4-9)6(3)11-12/h5H,10H2,1-3H3. The molecule has 0 aliphatic rings. The highest BCUT2D eigenvalue weighted by Gasteiger charge is 2.12. The maximum Gasteiger partial charge on any atom is 0.140 e. The summed E-state index contributed by atoms with van der Waals surface area (Å²) in [7, 11) is 0. The zero-order valence-corrected chi connectivity index (χ0v) is 7.50. The lowest BCUT2D eigenvalue weighted by Crippen LogP contribution is -2.07. The molecule has 12 heavy (non-hydrogen) atoms. The van der Waals surface area contributed by atoms with E-state index in [1.165, 1.54) is 0 Å². The molecule has 0 spiro atoms. The highest BCUT2D eigenvalue weighted by atomic mass is 15.3. The number of aryl methyl sites for hydroxylation is 1. The first-order valence-corrected chi connectivity index (χ1v) is 3.82. The van der Waals surface area contributed by atoms with Crippen molar-refractivity contribution in [1.82, 2.24) is 9.78 Å². The number of rotatable bonds is 1. The van der Waals surface area contributed by atoms with Crippen molar-refractivity contribution < 1.29 is 0 Å². The SMILES string of the molecule is Cc1nn(C(C)C)c(N)c1C#N. The molecule has 0 unspecified atom stereocenters. The van der Waals surface area contributed by atoms with Gasteiger partial charge >= 0.3 is 0 Å². The fourth-order valence-electron chi connectivity index (χ4n) is 1.10. The summed E-state index contributed by atoms with van der Waals surface area (Å²) in [6.07, 6.45) is 0. The number of nitrogens with two attached hydrogens (primary N) is 1. The van der Waals surface area contributed by atoms with Gasteiger partial charge in [-0.2, -0.15) is 10.4 Å². The van der Waals surface area contributed by atoms with E-state index in [9.17, 15) is 0 Å². The molecule has 0 amide bonds. The first kappa shape index (κ1) is 8.60. The number of nitrogen functional groups attached to an aromatic ring is 1. The average Bonchev–Trinajstić information content (AvgIpc) is 2.27. The van der Waals surface area contributed by atoms with Crippen LogP contribution in [0.4, 0.5) is 5.82 Å². The number of hydrogen-bond donors (Lipinski definition) is 1. The van der Waals surface area contributed by atoms with E-state index in [1.54, 1.807) is 11.6 Å². The van der Waals surface area contributed by atoms with Gasteiger partial charge in [0.25, 0.3) is 0 Å². The molecule has 1 rings (SSSR count). The van der Waals surface area contributed by atoms with Gasteiger partial charge in [-0.25, -0.2) is 4.68 Å². The molecule has 4 heteroatoms.